The van der Waals surface area contributed by atoms with Gasteiger partial charge in [-0.25, -0.2) is 0 Å². The highest BCUT2D eigenvalue weighted by atomic mass is 16.5. The van der Waals surface area contributed by atoms with Gasteiger partial charge in [0.15, 0.2) is 0 Å². The molecule has 4 heteroatoms. The second-order valence-electron chi connectivity index (χ2n) is 5.68. The predicted molar refractivity (Wildman–Crippen MR) is 89.7 cm³/mol. The molecule has 1 atom stereocenters. The molecule has 0 radical (unpaired) electrons. The Bertz CT molecular complexity index is 636. The third-order valence-corrected chi connectivity index (χ3v) is 3.79. The molecule has 120 valence electrons. The van der Waals surface area contributed by atoms with E-state index in [2.05, 4.69) is 5.32 Å². The van der Waals surface area contributed by atoms with Crippen molar-refractivity contribution in [2.24, 2.45) is 0 Å². The van der Waals surface area contributed by atoms with Crippen molar-refractivity contribution in [1.82, 2.24) is 0 Å². The van der Waals surface area contributed by atoms with Gasteiger partial charge in [-0.2, -0.15) is 0 Å². The van der Waals surface area contributed by atoms with Crippen LogP contribution in [0.1, 0.15) is 18.4 Å². The number of carbonyl (C=O) groups is 1. The number of benzene rings is 2. The molecule has 0 saturated carbocycles. The van der Waals surface area contributed by atoms with Crippen LogP contribution < -0.4 is 10.1 Å². The molecule has 0 aliphatic carbocycles. The number of anilines is 1. The second-order valence-corrected chi connectivity index (χ2v) is 5.68. The summed E-state index contributed by atoms with van der Waals surface area (Å²) in [6, 6.07) is 17.2. The first-order valence-corrected chi connectivity index (χ1v) is 7.98. The van der Waals surface area contributed by atoms with E-state index in [1.165, 1.54) is 0 Å². The number of amides is 1. The molecule has 4 nitrogen and oxygen atoms in total. The topological polar surface area (TPSA) is 47.6 Å². The highest BCUT2D eigenvalue weighted by molar-refractivity contribution is 5.92. The summed E-state index contributed by atoms with van der Waals surface area (Å²) in [6.45, 7) is 1.38. The molecule has 0 spiro atoms. The summed E-state index contributed by atoms with van der Waals surface area (Å²) >= 11 is 0. The van der Waals surface area contributed by atoms with E-state index in [4.69, 9.17) is 9.47 Å². The van der Waals surface area contributed by atoms with Gasteiger partial charge >= 0.3 is 0 Å². The lowest BCUT2D eigenvalue weighted by Crippen LogP contribution is -2.17. The van der Waals surface area contributed by atoms with Crippen LogP contribution in [0.5, 0.6) is 5.75 Å². The van der Waals surface area contributed by atoms with Crippen molar-refractivity contribution in [3.63, 3.8) is 0 Å². The predicted octanol–water partition coefficient (Wildman–Crippen LogP) is 3.43. The number of nitrogens with one attached hydrogen (secondary N) is 1. The van der Waals surface area contributed by atoms with Crippen LogP contribution in [0.25, 0.3) is 0 Å². The minimum absolute atomic E-state index is 0.0347. The Morgan fingerprint density at radius 3 is 2.83 bits per heavy atom. The van der Waals surface area contributed by atoms with Crippen LogP contribution in [-0.4, -0.2) is 25.2 Å². The third-order valence-electron chi connectivity index (χ3n) is 3.79. The molecule has 1 amide bonds. The Morgan fingerprint density at radius 1 is 1.17 bits per heavy atom. The lowest BCUT2D eigenvalue weighted by Gasteiger charge is -2.12. The Kier molecular flexibility index (Phi) is 5.27. The molecular weight excluding hydrogens is 290 g/mol. The Balaban J connectivity index is 1.53. The zero-order valence-corrected chi connectivity index (χ0v) is 13.0. The van der Waals surface area contributed by atoms with Gasteiger partial charge in [0, 0.05) is 18.4 Å². The molecule has 0 aromatic heterocycles. The largest absolute Gasteiger partial charge is 0.491 e. The van der Waals surface area contributed by atoms with Gasteiger partial charge in [0.1, 0.15) is 12.4 Å². The van der Waals surface area contributed by atoms with E-state index in [0.29, 0.717) is 13.0 Å². The van der Waals surface area contributed by atoms with Crippen molar-refractivity contribution in [3.8, 4) is 5.75 Å². The van der Waals surface area contributed by atoms with Crippen LogP contribution in [-0.2, 0) is 16.0 Å². The van der Waals surface area contributed by atoms with E-state index in [-0.39, 0.29) is 12.0 Å². The van der Waals surface area contributed by atoms with Gasteiger partial charge in [-0.15, -0.1) is 0 Å². The van der Waals surface area contributed by atoms with Crippen molar-refractivity contribution in [2.75, 3.05) is 18.5 Å². The first-order valence-electron chi connectivity index (χ1n) is 7.98. The lowest BCUT2D eigenvalue weighted by molar-refractivity contribution is -0.115. The van der Waals surface area contributed by atoms with E-state index in [1.54, 1.807) is 0 Å². The van der Waals surface area contributed by atoms with Crippen LogP contribution >= 0.6 is 0 Å². The van der Waals surface area contributed by atoms with Crippen molar-refractivity contribution < 1.29 is 14.3 Å². The summed E-state index contributed by atoms with van der Waals surface area (Å²) in [5, 5.41) is 2.91. The molecule has 0 bridgehead atoms. The van der Waals surface area contributed by atoms with Crippen LogP contribution in [0.2, 0.25) is 0 Å². The van der Waals surface area contributed by atoms with Crippen LogP contribution in [0.4, 0.5) is 5.69 Å². The summed E-state index contributed by atoms with van der Waals surface area (Å²) in [5.74, 6) is 0.713. The molecular formula is C19H21NO3. The van der Waals surface area contributed by atoms with Gasteiger partial charge in [0.05, 0.1) is 12.5 Å². The SMILES string of the molecule is O=C(Cc1ccccc1)Nc1cccc(OCC2CCCO2)c1. The number of rotatable bonds is 6. The normalized spacial score (nSPS) is 17.0. The fourth-order valence-electron chi connectivity index (χ4n) is 2.62. The van der Waals surface area contributed by atoms with E-state index < -0.39 is 0 Å². The van der Waals surface area contributed by atoms with Crippen molar-refractivity contribution in [2.45, 2.75) is 25.4 Å². The Morgan fingerprint density at radius 2 is 2.04 bits per heavy atom. The van der Waals surface area contributed by atoms with Crippen molar-refractivity contribution in [1.29, 1.82) is 0 Å². The average molecular weight is 311 g/mol. The molecule has 23 heavy (non-hydrogen) atoms. The quantitative estimate of drug-likeness (QED) is 0.889. The van der Waals surface area contributed by atoms with Gasteiger partial charge in [0.25, 0.3) is 0 Å². The van der Waals surface area contributed by atoms with Gasteiger partial charge in [-0.1, -0.05) is 36.4 Å². The first kappa shape index (κ1) is 15.6. The number of carbonyl (C=O) groups excluding carboxylic acids is 1. The highest BCUT2D eigenvalue weighted by Crippen LogP contribution is 2.20. The molecule has 1 aliphatic rings. The Labute approximate surface area is 136 Å². The standard InChI is InChI=1S/C19H21NO3/c21-19(12-15-6-2-1-3-7-15)20-16-8-4-9-17(13-16)23-14-18-10-5-11-22-18/h1-4,6-9,13,18H,5,10-12,14H2,(H,20,21). The minimum atomic E-state index is -0.0347. The highest BCUT2D eigenvalue weighted by Gasteiger charge is 2.16. The maximum absolute atomic E-state index is 12.1. The van der Waals surface area contributed by atoms with Gasteiger partial charge < -0.3 is 14.8 Å². The first-order chi connectivity index (χ1) is 11.3. The van der Waals surface area contributed by atoms with Crippen LogP contribution in [0.15, 0.2) is 54.6 Å². The maximum atomic E-state index is 12.1. The van der Waals surface area contributed by atoms with Crippen LogP contribution in [0, 0.1) is 0 Å². The minimum Gasteiger partial charge on any atom is -0.491 e. The Hall–Kier alpha value is -2.33. The number of hydrogen-bond acceptors (Lipinski definition) is 3. The zero-order chi connectivity index (χ0) is 15.9. The van der Waals surface area contributed by atoms with E-state index >= 15 is 0 Å². The molecule has 1 aliphatic heterocycles. The lowest BCUT2D eigenvalue weighted by atomic mass is 10.1. The second kappa shape index (κ2) is 7.79. The summed E-state index contributed by atoms with van der Waals surface area (Å²) < 4.78 is 11.3. The fraction of sp³-hybridized carbons (Fsp3) is 0.316. The molecule has 1 unspecified atom stereocenters. The summed E-state index contributed by atoms with van der Waals surface area (Å²) in [5.41, 5.74) is 1.74. The van der Waals surface area contributed by atoms with Crippen molar-refractivity contribution >= 4 is 11.6 Å². The molecule has 3 rings (SSSR count). The monoisotopic (exact) mass is 311 g/mol. The van der Waals surface area contributed by atoms with Crippen LogP contribution in [0.3, 0.4) is 0 Å². The van der Waals surface area contributed by atoms with Gasteiger partial charge in [-0.05, 0) is 30.5 Å². The van der Waals surface area contributed by atoms with Gasteiger partial charge in [0.2, 0.25) is 5.91 Å². The van der Waals surface area contributed by atoms with E-state index in [0.717, 1.165) is 36.4 Å². The average Bonchev–Trinajstić information content (AvgIpc) is 3.07. The van der Waals surface area contributed by atoms with Gasteiger partial charge in [-0.3, -0.25) is 4.79 Å². The molecule has 2 aromatic rings. The molecule has 1 N–H and O–H groups in total. The summed E-state index contributed by atoms with van der Waals surface area (Å²) in [6.07, 6.45) is 2.70. The van der Waals surface area contributed by atoms with E-state index in [1.807, 2.05) is 54.6 Å². The van der Waals surface area contributed by atoms with Crippen molar-refractivity contribution in [3.05, 3.63) is 60.2 Å². The van der Waals surface area contributed by atoms with E-state index in [9.17, 15) is 4.79 Å². The maximum Gasteiger partial charge on any atom is 0.228 e. The smallest absolute Gasteiger partial charge is 0.228 e. The molecule has 1 fully saturated rings. The molecule has 2 aromatic carbocycles. The molecule has 1 heterocycles. The number of ether oxygens (including phenoxy) is 2. The summed E-state index contributed by atoms with van der Waals surface area (Å²) in [4.78, 5) is 12.1. The third kappa shape index (κ3) is 4.83. The fourth-order valence-corrected chi connectivity index (χ4v) is 2.62. The zero-order valence-electron chi connectivity index (χ0n) is 13.0. The number of hydrogen-bond donors (Lipinski definition) is 1. The molecule has 1 saturated heterocycles. The summed E-state index contributed by atoms with van der Waals surface area (Å²) in [7, 11) is 0.